The van der Waals surface area contributed by atoms with E-state index in [1.807, 2.05) is 6.92 Å². The number of hydrogen-bond acceptors (Lipinski definition) is 5. The molecule has 2 aromatic rings. The Morgan fingerprint density at radius 2 is 1.90 bits per heavy atom. The molecule has 0 aliphatic heterocycles. The number of benzene rings is 1. The Morgan fingerprint density at radius 3 is 2.38 bits per heavy atom. The van der Waals surface area contributed by atoms with Crippen molar-refractivity contribution in [3.63, 3.8) is 0 Å². The van der Waals surface area contributed by atoms with Crippen molar-refractivity contribution in [2.24, 2.45) is 0 Å². The van der Waals surface area contributed by atoms with E-state index in [1.54, 1.807) is 13.1 Å². The Hall–Kier alpha value is -1.57. The number of carbonyl (C=O) groups is 1. The average Bonchev–Trinajstić information content (AvgIpc) is 2.85. The summed E-state index contributed by atoms with van der Waals surface area (Å²) in [4.78, 5) is 16.5. The first-order chi connectivity index (χ1) is 9.79. The molecule has 0 fully saturated rings. The number of nitrogens with zero attached hydrogens (tertiary/aromatic N) is 1. The normalized spacial score (nSPS) is 13.1. The molecule has 1 aromatic carbocycles. The highest BCUT2D eigenvalue weighted by Crippen LogP contribution is 2.21. The van der Waals surface area contributed by atoms with Crippen LogP contribution in [-0.2, 0) is 10.0 Å². The van der Waals surface area contributed by atoms with Crippen LogP contribution in [0.25, 0.3) is 0 Å². The van der Waals surface area contributed by atoms with Crippen molar-refractivity contribution in [3.05, 3.63) is 45.9 Å². The van der Waals surface area contributed by atoms with E-state index in [0.717, 1.165) is 9.88 Å². The molecule has 5 nitrogen and oxygen atoms in total. The van der Waals surface area contributed by atoms with Gasteiger partial charge >= 0.3 is 0 Å². The maximum Gasteiger partial charge on any atom is 0.241 e. The Bertz CT molecular complexity index is 749. The van der Waals surface area contributed by atoms with Crippen molar-refractivity contribution in [2.75, 3.05) is 0 Å². The lowest BCUT2D eigenvalue weighted by Crippen LogP contribution is -2.26. The van der Waals surface area contributed by atoms with Crippen molar-refractivity contribution >= 4 is 27.1 Å². The van der Waals surface area contributed by atoms with E-state index in [4.69, 9.17) is 0 Å². The van der Waals surface area contributed by atoms with Crippen LogP contribution in [0.3, 0.4) is 0 Å². The molecule has 2 rings (SSSR count). The minimum Gasteiger partial charge on any atom is -0.295 e. The minimum absolute atomic E-state index is 0.0986. The zero-order valence-electron chi connectivity index (χ0n) is 12.0. The maximum absolute atomic E-state index is 12.3. The van der Waals surface area contributed by atoms with Crippen LogP contribution in [0.2, 0.25) is 0 Å². The summed E-state index contributed by atoms with van der Waals surface area (Å²) in [5, 5.41) is 0.719. The van der Waals surface area contributed by atoms with Gasteiger partial charge in [-0.05, 0) is 32.9 Å². The topological polar surface area (TPSA) is 76.1 Å². The summed E-state index contributed by atoms with van der Waals surface area (Å²) in [6.07, 6.45) is 1.71. The van der Waals surface area contributed by atoms with Crippen LogP contribution in [0.5, 0.6) is 0 Å². The summed E-state index contributed by atoms with van der Waals surface area (Å²) in [7, 11) is -3.64. The number of aromatic nitrogens is 1. The molecule has 7 heteroatoms. The van der Waals surface area contributed by atoms with Gasteiger partial charge in [0.1, 0.15) is 5.01 Å². The third-order valence-corrected chi connectivity index (χ3v) is 5.56. The molecular weight excluding hydrogens is 308 g/mol. The molecule has 1 unspecified atom stereocenters. The highest BCUT2D eigenvalue weighted by molar-refractivity contribution is 7.89. The summed E-state index contributed by atoms with van der Waals surface area (Å²) >= 11 is 1.46. The van der Waals surface area contributed by atoms with Gasteiger partial charge in [0.2, 0.25) is 10.0 Å². The van der Waals surface area contributed by atoms with Crippen LogP contribution in [0, 0.1) is 6.92 Å². The first-order valence-electron chi connectivity index (χ1n) is 6.35. The van der Waals surface area contributed by atoms with Gasteiger partial charge in [-0.1, -0.05) is 12.1 Å². The lowest BCUT2D eigenvalue weighted by atomic mass is 10.2. The zero-order valence-corrected chi connectivity index (χ0v) is 13.6. The Labute approximate surface area is 128 Å². The highest BCUT2D eigenvalue weighted by Gasteiger charge is 2.20. The van der Waals surface area contributed by atoms with Crippen molar-refractivity contribution in [1.82, 2.24) is 9.71 Å². The molecule has 112 valence electrons. The maximum atomic E-state index is 12.3. The fourth-order valence-electron chi connectivity index (χ4n) is 1.79. The molecule has 0 bridgehead atoms. The minimum atomic E-state index is -3.64. The monoisotopic (exact) mass is 324 g/mol. The Balaban J connectivity index is 2.19. The quantitative estimate of drug-likeness (QED) is 0.858. The second-order valence-corrected chi connectivity index (χ2v) is 7.71. The molecule has 0 radical (unpaired) electrons. The molecule has 1 atom stereocenters. The second kappa shape index (κ2) is 6.05. The number of rotatable bonds is 5. The number of Topliss-reactive ketones (excluding diaryl/α,β-unsaturated/α-hetero) is 1. The molecule has 1 heterocycles. The van der Waals surface area contributed by atoms with Gasteiger partial charge in [-0.25, -0.2) is 18.1 Å². The van der Waals surface area contributed by atoms with E-state index < -0.39 is 16.1 Å². The summed E-state index contributed by atoms with van der Waals surface area (Å²) in [5.74, 6) is -0.0986. The number of carbonyl (C=O) groups excluding carboxylic acids is 1. The molecule has 0 saturated heterocycles. The highest BCUT2D eigenvalue weighted by atomic mass is 32.2. The summed E-state index contributed by atoms with van der Waals surface area (Å²) in [6.45, 7) is 5.11. The van der Waals surface area contributed by atoms with E-state index >= 15 is 0 Å². The smallest absolute Gasteiger partial charge is 0.241 e. The second-order valence-electron chi connectivity index (χ2n) is 4.73. The summed E-state index contributed by atoms with van der Waals surface area (Å²) in [6, 6.07) is 5.48. The fraction of sp³-hybridized carbons (Fsp3) is 0.286. The summed E-state index contributed by atoms with van der Waals surface area (Å²) < 4.78 is 27.2. The van der Waals surface area contributed by atoms with Crippen LogP contribution < -0.4 is 4.72 Å². The van der Waals surface area contributed by atoms with Gasteiger partial charge < -0.3 is 0 Å². The molecular formula is C14H16N2O3S2. The molecule has 21 heavy (non-hydrogen) atoms. The van der Waals surface area contributed by atoms with Gasteiger partial charge in [-0.3, -0.25) is 4.79 Å². The predicted octanol–water partition coefficient (Wildman–Crippen LogP) is 2.69. The van der Waals surface area contributed by atoms with Gasteiger partial charge in [0.25, 0.3) is 0 Å². The zero-order chi connectivity index (χ0) is 15.6. The van der Waals surface area contributed by atoms with Gasteiger partial charge in [-0.15, -0.1) is 11.3 Å². The number of nitrogens with one attached hydrogen (secondary N) is 1. The van der Waals surface area contributed by atoms with Crippen LogP contribution in [0.15, 0.2) is 35.4 Å². The van der Waals surface area contributed by atoms with Gasteiger partial charge in [-0.2, -0.15) is 0 Å². The molecule has 0 aliphatic carbocycles. The van der Waals surface area contributed by atoms with Crippen LogP contribution in [0.4, 0.5) is 0 Å². The molecule has 1 N–H and O–H groups in total. The standard InChI is InChI=1S/C14H16N2O3S2/c1-9-8-15-14(20-9)10(2)16-21(18,19)13-6-4-12(5-7-13)11(3)17/h4-8,10,16H,1-3H3. The number of hydrogen-bond donors (Lipinski definition) is 1. The summed E-state index contributed by atoms with van der Waals surface area (Å²) in [5.41, 5.74) is 0.484. The van der Waals surface area contributed by atoms with Crippen molar-refractivity contribution in [3.8, 4) is 0 Å². The van der Waals surface area contributed by atoms with E-state index in [1.165, 1.54) is 42.5 Å². The van der Waals surface area contributed by atoms with E-state index in [0.29, 0.717) is 5.56 Å². The van der Waals surface area contributed by atoms with Crippen LogP contribution in [0.1, 0.15) is 40.1 Å². The Kier molecular flexibility index (Phi) is 4.55. The predicted molar refractivity (Wildman–Crippen MR) is 82.0 cm³/mol. The molecule has 0 saturated carbocycles. The van der Waals surface area contributed by atoms with E-state index in [2.05, 4.69) is 9.71 Å². The average molecular weight is 324 g/mol. The first-order valence-corrected chi connectivity index (χ1v) is 8.65. The lowest BCUT2D eigenvalue weighted by molar-refractivity contribution is 0.101. The number of sulfonamides is 1. The lowest BCUT2D eigenvalue weighted by Gasteiger charge is -2.12. The van der Waals surface area contributed by atoms with Crippen LogP contribution >= 0.6 is 11.3 Å². The SMILES string of the molecule is CC(=O)c1ccc(S(=O)(=O)NC(C)c2ncc(C)s2)cc1. The Morgan fingerprint density at radius 1 is 1.29 bits per heavy atom. The molecule has 0 spiro atoms. The van der Waals surface area contributed by atoms with Crippen LogP contribution in [-0.4, -0.2) is 19.2 Å². The van der Waals surface area contributed by atoms with Crippen molar-refractivity contribution in [1.29, 1.82) is 0 Å². The molecule has 0 amide bonds. The van der Waals surface area contributed by atoms with E-state index in [9.17, 15) is 13.2 Å². The van der Waals surface area contributed by atoms with Gasteiger partial charge in [0, 0.05) is 16.6 Å². The molecule has 0 aliphatic rings. The largest absolute Gasteiger partial charge is 0.295 e. The number of ketones is 1. The van der Waals surface area contributed by atoms with E-state index in [-0.39, 0.29) is 10.7 Å². The fourth-order valence-corrected chi connectivity index (χ4v) is 3.85. The first kappa shape index (κ1) is 15.8. The third kappa shape index (κ3) is 3.75. The van der Waals surface area contributed by atoms with Crippen molar-refractivity contribution in [2.45, 2.75) is 31.7 Å². The number of thiazole rings is 1. The van der Waals surface area contributed by atoms with Crippen molar-refractivity contribution < 1.29 is 13.2 Å². The molecule has 1 aromatic heterocycles. The number of aryl methyl sites for hydroxylation is 1. The van der Waals surface area contributed by atoms with Gasteiger partial charge in [0.05, 0.1) is 10.9 Å². The van der Waals surface area contributed by atoms with Gasteiger partial charge in [0.15, 0.2) is 5.78 Å². The third-order valence-electron chi connectivity index (χ3n) is 2.91.